The first kappa shape index (κ1) is 16.7. The fourth-order valence-electron chi connectivity index (χ4n) is 2.79. The molecule has 6 nitrogen and oxygen atoms in total. The number of anilines is 2. The summed E-state index contributed by atoms with van der Waals surface area (Å²) in [5.41, 5.74) is 1.30. The molecule has 0 amide bonds. The topological polar surface area (TPSA) is 69.0 Å². The number of aromatic nitrogens is 3. The Morgan fingerprint density at radius 2 is 1.89 bits per heavy atom. The molecule has 0 aliphatic heterocycles. The summed E-state index contributed by atoms with van der Waals surface area (Å²) in [6.45, 7) is 0. The van der Waals surface area contributed by atoms with Crippen LogP contribution in [0, 0.1) is 5.82 Å². The fraction of sp³-hybridized carbons (Fsp3) is 0.0500. The molecule has 2 aromatic heterocycles. The molecule has 7 heteroatoms. The second-order valence-corrected chi connectivity index (χ2v) is 5.78. The lowest BCUT2D eigenvalue weighted by molar-refractivity contribution is 0.398. The highest BCUT2D eigenvalue weighted by Crippen LogP contribution is 2.22. The summed E-state index contributed by atoms with van der Waals surface area (Å²) in [5.74, 6) is 0.246. The lowest BCUT2D eigenvalue weighted by Gasteiger charge is -2.15. The van der Waals surface area contributed by atoms with Crippen LogP contribution >= 0.6 is 0 Å². The zero-order valence-corrected chi connectivity index (χ0v) is 14.4. The van der Waals surface area contributed by atoms with E-state index in [4.69, 9.17) is 4.74 Å². The van der Waals surface area contributed by atoms with Gasteiger partial charge in [0.2, 0.25) is 11.8 Å². The van der Waals surface area contributed by atoms with Gasteiger partial charge in [-0.3, -0.25) is 4.79 Å². The Bertz CT molecular complexity index is 1180. The van der Waals surface area contributed by atoms with Crippen LogP contribution in [0.1, 0.15) is 0 Å². The monoisotopic (exact) mass is 362 g/mol. The number of hydrogen-bond acceptors (Lipinski definition) is 5. The summed E-state index contributed by atoms with van der Waals surface area (Å²) < 4.78 is 20.2. The second kappa shape index (κ2) is 6.87. The Morgan fingerprint density at radius 3 is 2.67 bits per heavy atom. The van der Waals surface area contributed by atoms with Crippen LogP contribution in [0.3, 0.4) is 0 Å². The minimum absolute atomic E-state index is 0.205. The number of pyridine rings is 1. The third-order valence-electron chi connectivity index (χ3n) is 4.04. The maximum Gasteiger partial charge on any atom is 0.267 e. The summed E-state index contributed by atoms with van der Waals surface area (Å²) >= 11 is 0. The van der Waals surface area contributed by atoms with E-state index in [-0.39, 0.29) is 10.9 Å². The van der Waals surface area contributed by atoms with Gasteiger partial charge in [0.15, 0.2) is 0 Å². The number of ether oxygens (including phenoxy) is 1. The van der Waals surface area contributed by atoms with E-state index in [1.165, 1.54) is 29.9 Å². The first-order chi connectivity index (χ1) is 13.2. The summed E-state index contributed by atoms with van der Waals surface area (Å²) in [5, 5.41) is 3.34. The molecule has 1 N–H and O–H groups in total. The van der Waals surface area contributed by atoms with Crippen LogP contribution in [0.2, 0.25) is 0 Å². The van der Waals surface area contributed by atoms with Gasteiger partial charge in [-0.15, -0.1) is 0 Å². The lowest BCUT2D eigenvalue weighted by atomic mass is 10.2. The van der Waals surface area contributed by atoms with Crippen molar-refractivity contribution < 1.29 is 9.13 Å². The van der Waals surface area contributed by atoms with Gasteiger partial charge in [0.05, 0.1) is 23.7 Å². The van der Waals surface area contributed by atoms with Gasteiger partial charge in [-0.1, -0.05) is 18.2 Å². The van der Waals surface area contributed by atoms with Crippen LogP contribution in [0.15, 0.2) is 71.7 Å². The van der Waals surface area contributed by atoms with Crippen LogP contribution in [-0.2, 0) is 0 Å². The molecular weight excluding hydrogens is 347 g/mol. The number of rotatable bonds is 4. The second-order valence-electron chi connectivity index (χ2n) is 5.78. The molecule has 0 spiro atoms. The Kier molecular flexibility index (Phi) is 4.25. The average Bonchev–Trinajstić information content (AvgIpc) is 2.70. The van der Waals surface area contributed by atoms with E-state index in [1.807, 2.05) is 18.2 Å². The van der Waals surface area contributed by atoms with Crippen molar-refractivity contribution in [1.82, 2.24) is 14.5 Å². The molecule has 4 aromatic rings. The van der Waals surface area contributed by atoms with Crippen LogP contribution in [0.4, 0.5) is 16.0 Å². The third-order valence-corrected chi connectivity index (χ3v) is 4.04. The van der Waals surface area contributed by atoms with Crippen molar-refractivity contribution in [2.45, 2.75) is 0 Å². The molecule has 0 saturated carbocycles. The predicted octanol–water partition coefficient (Wildman–Crippen LogP) is 3.67. The number of benzene rings is 2. The van der Waals surface area contributed by atoms with Crippen LogP contribution in [0.5, 0.6) is 5.88 Å². The van der Waals surface area contributed by atoms with E-state index >= 15 is 0 Å². The smallest absolute Gasteiger partial charge is 0.267 e. The van der Waals surface area contributed by atoms with Gasteiger partial charge in [0.1, 0.15) is 5.82 Å². The number of nitrogens with zero attached hydrogens (tertiary/aromatic N) is 3. The summed E-state index contributed by atoms with van der Waals surface area (Å²) in [6.07, 6.45) is 1.59. The van der Waals surface area contributed by atoms with Crippen molar-refractivity contribution in [2.24, 2.45) is 0 Å². The largest absolute Gasteiger partial charge is 0.481 e. The molecular formula is C20H15FN4O2. The van der Waals surface area contributed by atoms with Crippen molar-refractivity contribution in [2.75, 3.05) is 12.4 Å². The van der Waals surface area contributed by atoms with E-state index in [9.17, 15) is 9.18 Å². The first-order valence-electron chi connectivity index (χ1n) is 8.20. The summed E-state index contributed by atoms with van der Waals surface area (Å²) in [6, 6.07) is 16.4. The number of para-hydroxylation sites is 1. The fourth-order valence-corrected chi connectivity index (χ4v) is 2.79. The van der Waals surface area contributed by atoms with Gasteiger partial charge < -0.3 is 10.1 Å². The standard InChI is InChI=1S/C20H15FN4O2/c1-27-18-12-14(9-10-22-18)23-20-24-17-8-7-13(21)11-16(17)19(26)25(20)15-5-3-2-4-6-15/h2-12H,1H3,(H,22,23,24). The summed E-state index contributed by atoms with van der Waals surface area (Å²) in [4.78, 5) is 21.7. The van der Waals surface area contributed by atoms with Crippen molar-refractivity contribution in [1.29, 1.82) is 0 Å². The molecule has 0 radical (unpaired) electrons. The van der Waals surface area contributed by atoms with Gasteiger partial charge in [0, 0.05) is 18.0 Å². The van der Waals surface area contributed by atoms with E-state index in [0.717, 1.165) is 0 Å². The van der Waals surface area contributed by atoms with Gasteiger partial charge >= 0.3 is 0 Å². The normalized spacial score (nSPS) is 10.7. The van der Waals surface area contributed by atoms with E-state index in [0.29, 0.717) is 28.7 Å². The number of halogens is 1. The Labute approximate surface area is 153 Å². The molecule has 2 heterocycles. The Hall–Kier alpha value is -3.74. The molecule has 27 heavy (non-hydrogen) atoms. The molecule has 4 rings (SSSR count). The molecule has 0 atom stereocenters. The van der Waals surface area contributed by atoms with Crippen molar-refractivity contribution >= 4 is 22.5 Å². The zero-order valence-electron chi connectivity index (χ0n) is 14.4. The SMILES string of the molecule is COc1cc(Nc2nc3ccc(F)cc3c(=O)n2-c2ccccc2)ccn1. The molecule has 0 aliphatic carbocycles. The Morgan fingerprint density at radius 1 is 1.07 bits per heavy atom. The zero-order chi connectivity index (χ0) is 18.8. The number of hydrogen-bond donors (Lipinski definition) is 1. The highest BCUT2D eigenvalue weighted by molar-refractivity contribution is 5.80. The van der Waals surface area contributed by atoms with E-state index in [2.05, 4.69) is 15.3 Å². The van der Waals surface area contributed by atoms with Crippen LogP contribution < -0.4 is 15.6 Å². The number of fused-ring (bicyclic) bond motifs is 1. The van der Waals surface area contributed by atoms with Gasteiger partial charge in [-0.2, -0.15) is 0 Å². The molecule has 0 saturated heterocycles. The van der Waals surface area contributed by atoms with E-state index in [1.54, 1.807) is 30.5 Å². The highest BCUT2D eigenvalue weighted by atomic mass is 19.1. The predicted molar refractivity (Wildman–Crippen MR) is 101 cm³/mol. The maximum atomic E-state index is 13.7. The van der Waals surface area contributed by atoms with Gasteiger partial charge in [-0.25, -0.2) is 18.9 Å². The van der Waals surface area contributed by atoms with Crippen molar-refractivity contribution in [3.63, 3.8) is 0 Å². The van der Waals surface area contributed by atoms with Crippen molar-refractivity contribution in [3.8, 4) is 11.6 Å². The maximum absolute atomic E-state index is 13.7. The molecule has 134 valence electrons. The third kappa shape index (κ3) is 3.22. The summed E-state index contributed by atoms with van der Waals surface area (Å²) in [7, 11) is 1.52. The van der Waals surface area contributed by atoms with Crippen molar-refractivity contribution in [3.05, 3.63) is 83.0 Å². The minimum atomic E-state index is -0.486. The quantitative estimate of drug-likeness (QED) is 0.600. The Balaban J connectivity index is 1.95. The first-order valence-corrected chi connectivity index (χ1v) is 8.20. The average molecular weight is 362 g/mol. The number of methoxy groups -OCH3 is 1. The van der Waals surface area contributed by atoms with Crippen LogP contribution in [0.25, 0.3) is 16.6 Å². The minimum Gasteiger partial charge on any atom is -0.481 e. The van der Waals surface area contributed by atoms with E-state index < -0.39 is 5.82 Å². The molecule has 0 unspecified atom stereocenters. The molecule has 0 aliphatic rings. The number of nitrogens with one attached hydrogen (secondary N) is 1. The van der Waals surface area contributed by atoms with Crippen LogP contribution in [-0.4, -0.2) is 21.6 Å². The van der Waals surface area contributed by atoms with Gasteiger partial charge in [0.25, 0.3) is 5.56 Å². The molecule has 0 bridgehead atoms. The van der Waals surface area contributed by atoms with Gasteiger partial charge in [-0.05, 0) is 36.4 Å². The molecule has 0 fully saturated rings. The molecule has 2 aromatic carbocycles. The highest BCUT2D eigenvalue weighted by Gasteiger charge is 2.14. The lowest BCUT2D eigenvalue weighted by Crippen LogP contribution is -2.23.